The molecule has 0 radical (unpaired) electrons. The van der Waals surface area contributed by atoms with Gasteiger partial charge in [-0.25, -0.2) is 0 Å². The summed E-state index contributed by atoms with van der Waals surface area (Å²) in [4.78, 5) is 0. The van der Waals surface area contributed by atoms with Crippen LogP contribution in [0.3, 0.4) is 0 Å². The van der Waals surface area contributed by atoms with Gasteiger partial charge >= 0.3 is 0 Å². The summed E-state index contributed by atoms with van der Waals surface area (Å²) in [6.07, 6.45) is 6.99. The first-order chi connectivity index (χ1) is 5.86. The highest BCUT2D eigenvalue weighted by Gasteiger charge is 2.24. The molecule has 0 aromatic heterocycles. The van der Waals surface area contributed by atoms with Crippen LogP contribution in [0.4, 0.5) is 0 Å². The SMILES string of the molecule is C=C1COC(C2=CCCCC2)O1. The molecule has 1 aliphatic carbocycles. The van der Waals surface area contributed by atoms with Gasteiger partial charge < -0.3 is 9.47 Å². The molecule has 1 atom stereocenters. The van der Waals surface area contributed by atoms with Crippen molar-refractivity contribution in [1.29, 1.82) is 0 Å². The Labute approximate surface area is 72.9 Å². The van der Waals surface area contributed by atoms with Gasteiger partial charge in [0.05, 0.1) is 0 Å². The Morgan fingerprint density at radius 3 is 2.92 bits per heavy atom. The van der Waals surface area contributed by atoms with Crippen LogP contribution in [0.5, 0.6) is 0 Å². The molecule has 2 nitrogen and oxygen atoms in total. The Hall–Kier alpha value is -0.760. The lowest BCUT2D eigenvalue weighted by Crippen LogP contribution is -2.12. The highest BCUT2D eigenvalue weighted by atomic mass is 16.7. The molecular weight excluding hydrogens is 152 g/mol. The number of ether oxygens (including phenoxy) is 2. The third-order valence-corrected chi connectivity index (χ3v) is 2.30. The summed E-state index contributed by atoms with van der Waals surface area (Å²) >= 11 is 0. The zero-order chi connectivity index (χ0) is 8.39. The molecule has 0 aromatic rings. The first kappa shape index (κ1) is 7.87. The lowest BCUT2D eigenvalue weighted by Gasteiger charge is -2.17. The van der Waals surface area contributed by atoms with Gasteiger partial charge in [-0.1, -0.05) is 12.7 Å². The van der Waals surface area contributed by atoms with E-state index in [9.17, 15) is 0 Å². The van der Waals surface area contributed by atoms with E-state index < -0.39 is 0 Å². The molecule has 2 rings (SSSR count). The van der Waals surface area contributed by atoms with Gasteiger partial charge in [-0.3, -0.25) is 0 Å². The van der Waals surface area contributed by atoms with Gasteiger partial charge in [0.2, 0.25) is 6.29 Å². The van der Waals surface area contributed by atoms with Crippen molar-refractivity contribution in [3.05, 3.63) is 24.0 Å². The Morgan fingerprint density at radius 1 is 1.42 bits per heavy atom. The van der Waals surface area contributed by atoms with E-state index in [2.05, 4.69) is 12.7 Å². The molecule has 0 aromatic carbocycles. The molecule has 1 fully saturated rings. The number of rotatable bonds is 1. The Morgan fingerprint density at radius 2 is 2.33 bits per heavy atom. The van der Waals surface area contributed by atoms with Crippen LogP contribution in [0.2, 0.25) is 0 Å². The maximum Gasteiger partial charge on any atom is 0.222 e. The van der Waals surface area contributed by atoms with E-state index in [1.807, 2.05) is 0 Å². The standard InChI is InChI=1S/C10H14O2/c1-8-7-11-10(12-8)9-5-3-2-4-6-9/h5,10H,1-4,6-7H2. The van der Waals surface area contributed by atoms with Gasteiger partial charge in [-0.2, -0.15) is 0 Å². The fourth-order valence-corrected chi connectivity index (χ4v) is 1.65. The Bertz CT molecular complexity index is 218. The van der Waals surface area contributed by atoms with Crippen molar-refractivity contribution in [3.8, 4) is 0 Å². The minimum atomic E-state index is -0.113. The molecule has 2 heteroatoms. The van der Waals surface area contributed by atoms with Gasteiger partial charge in [0.25, 0.3) is 0 Å². The molecule has 2 aliphatic rings. The summed E-state index contributed by atoms with van der Waals surface area (Å²) in [5.74, 6) is 0.756. The summed E-state index contributed by atoms with van der Waals surface area (Å²) in [5, 5.41) is 0. The number of hydrogen-bond acceptors (Lipinski definition) is 2. The van der Waals surface area contributed by atoms with Crippen molar-refractivity contribution in [3.63, 3.8) is 0 Å². The van der Waals surface area contributed by atoms with E-state index >= 15 is 0 Å². The molecule has 0 spiro atoms. The summed E-state index contributed by atoms with van der Waals surface area (Å²) < 4.78 is 10.8. The minimum Gasteiger partial charge on any atom is -0.463 e. The van der Waals surface area contributed by atoms with Crippen molar-refractivity contribution >= 4 is 0 Å². The topological polar surface area (TPSA) is 18.5 Å². The van der Waals surface area contributed by atoms with Gasteiger partial charge in [0.1, 0.15) is 12.4 Å². The number of hydrogen-bond donors (Lipinski definition) is 0. The van der Waals surface area contributed by atoms with Crippen molar-refractivity contribution in [1.82, 2.24) is 0 Å². The zero-order valence-electron chi connectivity index (χ0n) is 7.21. The first-order valence-corrected chi connectivity index (χ1v) is 4.51. The number of allylic oxidation sites excluding steroid dienone is 1. The van der Waals surface area contributed by atoms with E-state index in [1.54, 1.807) is 0 Å². The maximum atomic E-state index is 5.42. The monoisotopic (exact) mass is 166 g/mol. The van der Waals surface area contributed by atoms with Crippen molar-refractivity contribution in [2.45, 2.75) is 32.0 Å². The van der Waals surface area contributed by atoms with Crippen LogP contribution in [0, 0.1) is 0 Å². The molecule has 1 unspecified atom stereocenters. The average Bonchev–Trinajstić information content (AvgIpc) is 2.54. The van der Waals surface area contributed by atoms with Crippen LogP contribution < -0.4 is 0 Å². The summed E-state index contributed by atoms with van der Waals surface area (Å²) in [7, 11) is 0. The first-order valence-electron chi connectivity index (χ1n) is 4.51. The van der Waals surface area contributed by atoms with Crippen molar-refractivity contribution in [2.24, 2.45) is 0 Å². The molecule has 1 saturated heterocycles. The lowest BCUT2D eigenvalue weighted by atomic mass is 9.99. The second-order valence-electron chi connectivity index (χ2n) is 3.32. The van der Waals surface area contributed by atoms with Crippen LogP contribution >= 0.6 is 0 Å². The van der Waals surface area contributed by atoms with Crippen LogP contribution in [0.15, 0.2) is 24.0 Å². The van der Waals surface area contributed by atoms with Gasteiger partial charge in [0, 0.05) is 0 Å². The van der Waals surface area contributed by atoms with E-state index in [0.717, 1.165) is 12.2 Å². The maximum absolute atomic E-state index is 5.42. The largest absolute Gasteiger partial charge is 0.463 e. The molecule has 0 amide bonds. The molecule has 12 heavy (non-hydrogen) atoms. The van der Waals surface area contributed by atoms with E-state index in [1.165, 1.54) is 24.8 Å². The third-order valence-electron chi connectivity index (χ3n) is 2.30. The van der Waals surface area contributed by atoms with Crippen LogP contribution in [-0.4, -0.2) is 12.9 Å². The second kappa shape index (κ2) is 3.31. The zero-order valence-corrected chi connectivity index (χ0v) is 7.21. The smallest absolute Gasteiger partial charge is 0.222 e. The van der Waals surface area contributed by atoms with Crippen molar-refractivity contribution in [2.75, 3.05) is 6.61 Å². The summed E-state index contributed by atoms with van der Waals surface area (Å²) in [6, 6.07) is 0. The predicted octanol–water partition coefficient (Wildman–Crippen LogP) is 2.37. The second-order valence-corrected chi connectivity index (χ2v) is 3.32. The van der Waals surface area contributed by atoms with E-state index in [4.69, 9.17) is 9.47 Å². The minimum absolute atomic E-state index is 0.113. The molecule has 1 heterocycles. The third kappa shape index (κ3) is 1.53. The van der Waals surface area contributed by atoms with Crippen molar-refractivity contribution < 1.29 is 9.47 Å². The Balaban J connectivity index is 1.99. The van der Waals surface area contributed by atoms with Crippen LogP contribution in [-0.2, 0) is 9.47 Å². The quantitative estimate of drug-likeness (QED) is 0.557. The fourth-order valence-electron chi connectivity index (χ4n) is 1.65. The van der Waals surface area contributed by atoms with Gasteiger partial charge in [-0.05, 0) is 31.3 Å². The molecule has 0 saturated carbocycles. The molecule has 0 bridgehead atoms. The average molecular weight is 166 g/mol. The summed E-state index contributed by atoms with van der Waals surface area (Å²) in [6.45, 7) is 4.28. The fraction of sp³-hybridized carbons (Fsp3) is 0.600. The van der Waals surface area contributed by atoms with Crippen LogP contribution in [0.1, 0.15) is 25.7 Å². The molecule has 66 valence electrons. The molecular formula is C10H14O2. The van der Waals surface area contributed by atoms with Gasteiger partial charge in [0.15, 0.2) is 0 Å². The predicted molar refractivity (Wildman–Crippen MR) is 46.5 cm³/mol. The molecule has 1 aliphatic heterocycles. The van der Waals surface area contributed by atoms with E-state index in [0.29, 0.717) is 6.61 Å². The van der Waals surface area contributed by atoms with Crippen LogP contribution in [0.25, 0.3) is 0 Å². The highest BCUT2D eigenvalue weighted by molar-refractivity contribution is 5.11. The van der Waals surface area contributed by atoms with E-state index in [-0.39, 0.29) is 6.29 Å². The Kier molecular flexibility index (Phi) is 2.17. The normalized spacial score (nSPS) is 29.8. The van der Waals surface area contributed by atoms with Gasteiger partial charge in [-0.15, -0.1) is 0 Å². The molecule has 0 N–H and O–H groups in total. The highest BCUT2D eigenvalue weighted by Crippen LogP contribution is 2.27. The summed E-state index contributed by atoms with van der Waals surface area (Å²) in [5.41, 5.74) is 1.31. The lowest BCUT2D eigenvalue weighted by molar-refractivity contribution is -0.00425.